The Labute approximate surface area is 81.6 Å². The van der Waals surface area contributed by atoms with Gasteiger partial charge in [0.05, 0.1) is 6.10 Å². The molecule has 1 aliphatic carbocycles. The minimum Gasteiger partial charge on any atom is -0.486 e. The largest absolute Gasteiger partial charge is 0.486 e. The van der Waals surface area contributed by atoms with E-state index >= 15 is 0 Å². The molecule has 0 spiro atoms. The first kappa shape index (κ1) is 9.21. The summed E-state index contributed by atoms with van der Waals surface area (Å²) in [6.07, 6.45) is 3.57. The molecule has 0 saturated carbocycles. The summed E-state index contributed by atoms with van der Waals surface area (Å²) in [6, 6.07) is 5.86. The first-order valence-corrected chi connectivity index (χ1v) is 4.52. The minimum absolute atomic E-state index is 0.101. The van der Waals surface area contributed by atoms with E-state index in [9.17, 15) is 9.50 Å². The van der Waals surface area contributed by atoms with Crippen LogP contribution in [0.15, 0.2) is 36.4 Å². The number of halogens is 1. The molecule has 0 bridgehead atoms. The van der Waals surface area contributed by atoms with Gasteiger partial charge in [0.25, 0.3) is 0 Å². The second kappa shape index (κ2) is 3.80. The molecule has 0 amide bonds. The van der Waals surface area contributed by atoms with Crippen LogP contribution in [-0.2, 0) is 0 Å². The van der Waals surface area contributed by atoms with Crippen LogP contribution in [0.4, 0.5) is 4.39 Å². The van der Waals surface area contributed by atoms with Crippen molar-refractivity contribution in [1.82, 2.24) is 0 Å². The molecule has 1 aromatic carbocycles. The van der Waals surface area contributed by atoms with Gasteiger partial charge in [-0.1, -0.05) is 6.08 Å². The van der Waals surface area contributed by atoms with Gasteiger partial charge in [-0.3, -0.25) is 0 Å². The van der Waals surface area contributed by atoms with Gasteiger partial charge >= 0.3 is 0 Å². The molecule has 0 aromatic heterocycles. The van der Waals surface area contributed by atoms with Crippen molar-refractivity contribution in [3.63, 3.8) is 0 Å². The van der Waals surface area contributed by atoms with Gasteiger partial charge in [0.15, 0.2) is 0 Å². The summed E-state index contributed by atoms with van der Waals surface area (Å²) >= 11 is 0. The lowest BCUT2D eigenvalue weighted by Gasteiger charge is -2.12. The van der Waals surface area contributed by atoms with Crippen LogP contribution in [0.1, 0.15) is 6.42 Å². The average molecular weight is 194 g/mol. The molecule has 0 heterocycles. The maximum Gasteiger partial charge on any atom is 0.123 e. The molecule has 2 atom stereocenters. The molecule has 2 rings (SSSR count). The Morgan fingerprint density at radius 1 is 1.21 bits per heavy atom. The third kappa shape index (κ3) is 2.12. The fraction of sp³-hybridized carbons (Fsp3) is 0.273. The Hall–Kier alpha value is -1.35. The predicted octanol–water partition coefficient (Wildman–Crippen LogP) is 1.89. The monoisotopic (exact) mass is 194 g/mol. The molecule has 0 fully saturated rings. The zero-order valence-electron chi connectivity index (χ0n) is 7.56. The molecule has 0 aliphatic heterocycles. The number of aliphatic hydroxyl groups is 1. The molecule has 3 heteroatoms. The van der Waals surface area contributed by atoms with Gasteiger partial charge < -0.3 is 9.84 Å². The Bertz CT molecular complexity index is 332. The minimum atomic E-state index is -0.416. The smallest absolute Gasteiger partial charge is 0.123 e. The Balaban J connectivity index is 1.98. The van der Waals surface area contributed by atoms with Gasteiger partial charge in [0.1, 0.15) is 17.7 Å². The molecular formula is C11H11FO2. The molecule has 1 aliphatic rings. The van der Waals surface area contributed by atoms with Gasteiger partial charge in [0, 0.05) is 6.42 Å². The standard InChI is InChI=1S/C11H11FO2/c12-8-1-4-10(5-2-8)14-11-6-3-9(13)7-11/h1-6,9,11,13H,7H2/t9-,11+/m1/s1. The fourth-order valence-electron chi connectivity index (χ4n) is 1.42. The van der Waals surface area contributed by atoms with Gasteiger partial charge in [-0.25, -0.2) is 4.39 Å². The van der Waals surface area contributed by atoms with E-state index < -0.39 is 6.10 Å². The van der Waals surface area contributed by atoms with E-state index in [1.807, 2.05) is 6.08 Å². The van der Waals surface area contributed by atoms with Crippen molar-refractivity contribution in [3.05, 3.63) is 42.2 Å². The summed E-state index contributed by atoms with van der Waals surface area (Å²) in [5, 5.41) is 9.19. The van der Waals surface area contributed by atoms with Crippen LogP contribution in [0.2, 0.25) is 0 Å². The zero-order valence-corrected chi connectivity index (χ0v) is 7.56. The Morgan fingerprint density at radius 3 is 2.50 bits per heavy atom. The van der Waals surface area contributed by atoms with Crippen LogP contribution in [0.5, 0.6) is 5.75 Å². The number of hydrogen-bond donors (Lipinski definition) is 1. The van der Waals surface area contributed by atoms with Crippen molar-refractivity contribution in [1.29, 1.82) is 0 Å². The summed E-state index contributed by atoms with van der Waals surface area (Å²) in [5.74, 6) is 0.342. The number of aliphatic hydroxyl groups excluding tert-OH is 1. The summed E-state index contributed by atoms with van der Waals surface area (Å²) in [5.41, 5.74) is 0. The third-order valence-electron chi connectivity index (χ3n) is 2.12. The molecule has 0 radical (unpaired) electrons. The highest BCUT2D eigenvalue weighted by atomic mass is 19.1. The van der Waals surface area contributed by atoms with Crippen LogP contribution in [0.3, 0.4) is 0 Å². The fourth-order valence-corrected chi connectivity index (χ4v) is 1.42. The van der Waals surface area contributed by atoms with Crippen molar-refractivity contribution in [2.45, 2.75) is 18.6 Å². The van der Waals surface area contributed by atoms with Crippen LogP contribution in [0.25, 0.3) is 0 Å². The summed E-state index contributed by atoms with van der Waals surface area (Å²) < 4.78 is 18.0. The van der Waals surface area contributed by atoms with Crippen molar-refractivity contribution in [3.8, 4) is 5.75 Å². The highest BCUT2D eigenvalue weighted by Crippen LogP contribution is 2.19. The lowest BCUT2D eigenvalue weighted by atomic mass is 10.2. The summed E-state index contributed by atoms with van der Waals surface area (Å²) in [4.78, 5) is 0. The van der Waals surface area contributed by atoms with Gasteiger partial charge in [-0.2, -0.15) is 0 Å². The quantitative estimate of drug-likeness (QED) is 0.728. The van der Waals surface area contributed by atoms with Crippen molar-refractivity contribution >= 4 is 0 Å². The van der Waals surface area contributed by atoms with E-state index in [1.165, 1.54) is 12.1 Å². The van der Waals surface area contributed by atoms with Crippen LogP contribution in [0, 0.1) is 5.82 Å². The van der Waals surface area contributed by atoms with Crippen LogP contribution < -0.4 is 4.74 Å². The molecule has 1 N–H and O–H groups in total. The lowest BCUT2D eigenvalue weighted by molar-refractivity contribution is 0.165. The number of ether oxygens (including phenoxy) is 1. The average Bonchev–Trinajstić information content (AvgIpc) is 2.56. The molecule has 0 saturated heterocycles. The number of hydrogen-bond acceptors (Lipinski definition) is 2. The highest BCUT2D eigenvalue weighted by Gasteiger charge is 2.17. The highest BCUT2D eigenvalue weighted by molar-refractivity contribution is 5.23. The first-order chi connectivity index (χ1) is 6.74. The molecule has 0 unspecified atom stereocenters. The molecular weight excluding hydrogens is 183 g/mol. The van der Waals surface area contributed by atoms with E-state index in [0.717, 1.165) is 0 Å². The first-order valence-electron chi connectivity index (χ1n) is 4.52. The third-order valence-corrected chi connectivity index (χ3v) is 2.12. The maximum atomic E-state index is 12.6. The van der Waals surface area contributed by atoms with Crippen molar-refractivity contribution in [2.24, 2.45) is 0 Å². The molecule has 74 valence electrons. The SMILES string of the molecule is O[C@@H]1C=C[C@H](Oc2ccc(F)cc2)C1. The normalized spacial score (nSPS) is 25.3. The Kier molecular flexibility index (Phi) is 2.50. The second-order valence-electron chi connectivity index (χ2n) is 3.30. The van der Waals surface area contributed by atoms with Crippen LogP contribution in [-0.4, -0.2) is 17.3 Å². The zero-order chi connectivity index (χ0) is 9.97. The van der Waals surface area contributed by atoms with E-state index in [1.54, 1.807) is 18.2 Å². The predicted molar refractivity (Wildman–Crippen MR) is 50.6 cm³/mol. The Morgan fingerprint density at radius 2 is 1.93 bits per heavy atom. The van der Waals surface area contributed by atoms with Gasteiger partial charge in [-0.05, 0) is 30.3 Å². The summed E-state index contributed by atoms with van der Waals surface area (Å²) in [7, 11) is 0. The van der Waals surface area contributed by atoms with Crippen molar-refractivity contribution < 1.29 is 14.2 Å². The molecule has 2 nitrogen and oxygen atoms in total. The van der Waals surface area contributed by atoms with E-state index in [-0.39, 0.29) is 11.9 Å². The topological polar surface area (TPSA) is 29.5 Å². The van der Waals surface area contributed by atoms with E-state index in [0.29, 0.717) is 12.2 Å². The van der Waals surface area contributed by atoms with Gasteiger partial charge in [0.2, 0.25) is 0 Å². The summed E-state index contributed by atoms with van der Waals surface area (Å²) in [6.45, 7) is 0. The van der Waals surface area contributed by atoms with Gasteiger partial charge in [-0.15, -0.1) is 0 Å². The van der Waals surface area contributed by atoms with Crippen molar-refractivity contribution in [2.75, 3.05) is 0 Å². The molecule has 14 heavy (non-hydrogen) atoms. The van der Waals surface area contributed by atoms with Crippen LogP contribution >= 0.6 is 0 Å². The second-order valence-corrected chi connectivity index (χ2v) is 3.30. The van der Waals surface area contributed by atoms with E-state index in [4.69, 9.17) is 4.74 Å². The number of benzene rings is 1. The number of rotatable bonds is 2. The maximum absolute atomic E-state index is 12.6. The lowest BCUT2D eigenvalue weighted by Crippen LogP contribution is -2.13. The van der Waals surface area contributed by atoms with E-state index in [2.05, 4.69) is 0 Å². The molecule has 1 aromatic rings.